The molecule has 0 saturated carbocycles. The quantitative estimate of drug-likeness (QED) is 0.924. The molecule has 1 unspecified atom stereocenters. The van der Waals surface area contributed by atoms with Crippen molar-refractivity contribution >= 4 is 15.9 Å². The molecule has 0 fully saturated rings. The lowest BCUT2D eigenvalue weighted by atomic mass is 10.2. The Bertz CT molecular complexity index is 520. The number of rotatable bonds is 3. The van der Waals surface area contributed by atoms with Crippen LogP contribution in [-0.4, -0.2) is 4.57 Å². The molecule has 2 N–H and O–H groups in total. The van der Waals surface area contributed by atoms with E-state index >= 15 is 0 Å². The van der Waals surface area contributed by atoms with E-state index < -0.39 is 0 Å². The van der Waals surface area contributed by atoms with Crippen molar-refractivity contribution in [1.82, 2.24) is 4.57 Å². The van der Waals surface area contributed by atoms with E-state index in [1.807, 2.05) is 35.9 Å². The smallest absolute Gasteiger partial charge is 0.137 e. The zero-order chi connectivity index (χ0) is 12.4. The largest absolute Gasteiger partial charge is 0.346 e. The number of benzene rings is 1. The van der Waals surface area contributed by atoms with Crippen LogP contribution in [0.3, 0.4) is 0 Å². The zero-order valence-corrected chi connectivity index (χ0v) is 11.1. The van der Waals surface area contributed by atoms with Crippen molar-refractivity contribution in [3.63, 3.8) is 0 Å². The van der Waals surface area contributed by atoms with Gasteiger partial charge in [0.1, 0.15) is 5.82 Å². The molecule has 90 valence electrons. The second-order valence-corrected chi connectivity index (χ2v) is 4.86. The Kier molecular flexibility index (Phi) is 3.64. The second kappa shape index (κ2) is 5.02. The lowest BCUT2D eigenvalue weighted by Gasteiger charge is -2.13. The fourth-order valence-electron chi connectivity index (χ4n) is 1.84. The average Bonchev–Trinajstić information content (AvgIpc) is 2.73. The van der Waals surface area contributed by atoms with Gasteiger partial charge >= 0.3 is 0 Å². The number of aromatic nitrogens is 1. The molecule has 0 aliphatic carbocycles. The first kappa shape index (κ1) is 12.3. The summed E-state index contributed by atoms with van der Waals surface area (Å²) in [6, 6.07) is 8.96. The summed E-state index contributed by atoms with van der Waals surface area (Å²) in [6.07, 6.45) is 1.95. The van der Waals surface area contributed by atoms with E-state index in [0.717, 1.165) is 11.3 Å². The standard InChI is InChI=1S/C13H14BrFN2/c1-9(16)12-6-3-7-17(12)8-10-4-2-5-11(15)13(10)14/h2-7,9H,8,16H2,1H3. The van der Waals surface area contributed by atoms with E-state index in [2.05, 4.69) is 15.9 Å². The molecular formula is C13H14BrFN2. The van der Waals surface area contributed by atoms with Gasteiger partial charge in [-0.1, -0.05) is 12.1 Å². The van der Waals surface area contributed by atoms with Crippen molar-refractivity contribution in [2.24, 2.45) is 5.73 Å². The van der Waals surface area contributed by atoms with Gasteiger partial charge in [-0.05, 0) is 46.6 Å². The highest BCUT2D eigenvalue weighted by Gasteiger charge is 2.09. The number of hydrogen-bond acceptors (Lipinski definition) is 1. The van der Waals surface area contributed by atoms with Gasteiger partial charge < -0.3 is 10.3 Å². The first-order chi connectivity index (χ1) is 8.09. The van der Waals surface area contributed by atoms with Gasteiger partial charge in [-0.3, -0.25) is 0 Å². The monoisotopic (exact) mass is 296 g/mol. The van der Waals surface area contributed by atoms with E-state index in [4.69, 9.17) is 5.73 Å². The normalized spacial score (nSPS) is 12.7. The molecule has 0 bridgehead atoms. The van der Waals surface area contributed by atoms with Crippen LogP contribution in [0.25, 0.3) is 0 Å². The first-order valence-corrected chi connectivity index (χ1v) is 6.22. The summed E-state index contributed by atoms with van der Waals surface area (Å²) in [4.78, 5) is 0. The van der Waals surface area contributed by atoms with Crippen molar-refractivity contribution < 1.29 is 4.39 Å². The van der Waals surface area contributed by atoms with Crippen LogP contribution in [0, 0.1) is 5.82 Å². The maximum atomic E-state index is 13.4. The van der Waals surface area contributed by atoms with E-state index in [1.165, 1.54) is 6.07 Å². The summed E-state index contributed by atoms with van der Waals surface area (Å²) >= 11 is 3.27. The second-order valence-electron chi connectivity index (χ2n) is 4.06. The predicted octanol–water partition coefficient (Wildman–Crippen LogP) is 3.46. The highest BCUT2D eigenvalue weighted by molar-refractivity contribution is 9.10. The Hall–Kier alpha value is -1.13. The van der Waals surface area contributed by atoms with Crippen molar-refractivity contribution in [3.05, 3.63) is 58.1 Å². The molecule has 1 aromatic carbocycles. The summed E-state index contributed by atoms with van der Waals surface area (Å²) in [7, 11) is 0. The molecule has 0 aliphatic heterocycles. The van der Waals surface area contributed by atoms with Gasteiger partial charge in [0.2, 0.25) is 0 Å². The molecule has 1 heterocycles. The van der Waals surface area contributed by atoms with Gasteiger partial charge in [0.05, 0.1) is 4.47 Å². The Balaban J connectivity index is 2.32. The maximum absolute atomic E-state index is 13.4. The summed E-state index contributed by atoms with van der Waals surface area (Å²) in [5.74, 6) is -0.239. The minimum atomic E-state index is -0.239. The number of nitrogens with zero attached hydrogens (tertiary/aromatic N) is 1. The minimum Gasteiger partial charge on any atom is -0.346 e. The first-order valence-electron chi connectivity index (χ1n) is 5.43. The Morgan fingerprint density at radius 2 is 2.12 bits per heavy atom. The third kappa shape index (κ3) is 2.58. The van der Waals surface area contributed by atoms with Crippen LogP contribution in [0.4, 0.5) is 4.39 Å². The third-order valence-corrected chi connectivity index (χ3v) is 3.59. The molecule has 2 nitrogen and oxygen atoms in total. The molecule has 2 rings (SSSR count). The van der Waals surface area contributed by atoms with Crippen LogP contribution in [0.15, 0.2) is 41.0 Å². The SMILES string of the molecule is CC(N)c1cccn1Cc1cccc(F)c1Br. The summed E-state index contributed by atoms with van der Waals surface area (Å²) < 4.78 is 15.9. The Morgan fingerprint density at radius 1 is 1.35 bits per heavy atom. The lowest BCUT2D eigenvalue weighted by molar-refractivity contribution is 0.612. The van der Waals surface area contributed by atoms with E-state index in [1.54, 1.807) is 6.07 Å². The molecule has 0 spiro atoms. The summed E-state index contributed by atoms with van der Waals surface area (Å²) in [6.45, 7) is 2.55. The van der Waals surface area contributed by atoms with E-state index in [0.29, 0.717) is 11.0 Å². The molecule has 1 aromatic heterocycles. The van der Waals surface area contributed by atoms with Crippen molar-refractivity contribution in [2.45, 2.75) is 19.5 Å². The highest BCUT2D eigenvalue weighted by atomic mass is 79.9. The molecule has 0 radical (unpaired) electrons. The number of nitrogens with two attached hydrogens (primary N) is 1. The Morgan fingerprint density at radius 3 is 2.82 bits per heavy atom. The topological polar surface area (TPSA) is 30.9 Å². The maximum Gasteiger partial charge on any atom is 0.137 e. The van der Waals surface area contributed by atoms with Gasteiger partial charge in [-0.2, -0.15) is 0 Å². The molecule has 1 atom stereocenters. The molecule has 17 heavy (non-hydrogen) atoms. The zero-order valence-electron chi connectivity index (χ0n) is 9.53. The number of hydrogen-bond donors (Lipinski definition) is 1. The predicted molar refractivity (Wildman–Crippen MR) is 70.2 cm³/mol. The van der Waals surface area contributed by atoms with Crippen LogP contribution in [0.5, 0.6) is 0 Å². The third-order valence-electron chi connectivity index (χ3n) is 2.70. The number of halogens is 2. The van der Waals surface area contributed by atoms with Gasteiger partial charge in [0, 0.05) is 24.5 Å². The summed E-state index contributed by atoms with van der Waals surface area (Å²) in [5.41, 5.74) is 7.82. The van der Waals surface area contributed by atoms with Crippen molar-refractivity contribution in [1.29, 1.82) is 0 Å². The molecule has 0 aliphatic rings. The minimum absolute atomic E-state index is 0.0302. The van der Waals surface area contributed by atoms with Crippen LogP contribution in [0.2, 0.25) is 0 Å². The van der Waals surface area contributed by atoms with E-state index in [-0.39, 0.29) is 11.9 Å². The molecular weight excluding hydrogens is 283 g/mol. The van der Waals surface area contributed by atoms with E-state index in [9.17, 15) is 4.39 Å². The molecule has 2 aromatic rings. The van der Waals surface area contributed by atoms with Crippen LogP contribution in [-0.2, 0) is 6.54 Å². The van der Waals surface area contributed by atoms with Gasteiger partial charge in [-0.15, -0.1) is 0 Å². The molecule has 4 heteroatoms. The van der Waals surface area contributed by atoms with Gasteiger partial charge in [-0.25, -0.2) is 4.39 Å². The highest BCUT2D eigenvalue weighted by Crippen LogP contribution is 2.22. The molecule has 0 saturated heterocycles. The van der Waals surface area contributed by atoms with Crippen LogP contribution < -0.4 is 5.73 Å². The fraction of sp³-hybridized carbons (Fsp3) is 0.231. The van der Waals surface area contributed by atoms with Crippen molar-refractivity contribution in [3.8, 4) is 0 Å². The fourth-order valence-corrected chi connectivity index (χ4v) is 2.23. The average molecular weight is 297 g/mol. The molecule has 0 amide bonds. The summed E-state index contributed by atoms with van der Waals surface area (Å²) in [5, 5.41) is 0. The lowest BCUT2D eigenvalue weighted by Crippen LogP contribution is -2.12. The van der Waals surface area contributed by atoms with Gasteiger partial charge in [0.15, 0.2) is 0 Å². The van der Waals surface area contributed by atoms with Crippen LogP contribution in [0.1, 0.15) is 24.2 Å². The van der Waals surface area contributed by atoms with Crippen LogP contribution >= 0.6 is 15.9 Å². The van der Waals surface area contributed by atoms with Gasteiger partial charge in [0.25, 0.3) is 0 Å². The Labute approximate surface area is 108 Å². The van der Waals surface area contributed by atoms with Crippen molar-refractivity contribution in [2.75, 3.05) is 0 Å².